The van der Waals surface area contributed by atoms with Gasteiger partial charge in [0.25, 0.3) is 18.4 Å². The number of nitrogens with two attached hydrogens (primary N) is 1. The Kier molecular flexibility index (Phi) is 8.51. The summed E-state index contributed by atoms with van der Waals surface area (Å²) in [5.41, 5.74) is 5.47. The van der Waals surface area contributed by atoms with E-state index in [4.69, 9.17) is 15.2 Å². The first kappa shape index (κ1) is 25.1. The summed E-state index contributed by atoms with van der Waals surface area (Å²) in [4.78, 5) is 23.2. The number of halogens is 5. The molecule has 0 radical (unpaired) electrons. The Labute approximate surface area is 190 Å². The van der Waals surface area contributed by atoms with Gasteiger partial charge in [0.05, 0.1) is 19.0 Å². The number of alkyl halides is 4. The van der Waals surface area contributed by atoms with Crippen LogP contribution in [0.25, 0.3) is 0 Å². The smallest absolute Gasteiger partial charge is 0.284 e. The Bertz CT molecular complexity index is 1010. The van der Waals surface area contributed by atoms with E-state index in [0.717, 1.165) is 18.5 Å². The van der Waals surface area contributed by atoms with Crippen LogP contribution in [-0.2, 0) is 9.47 Å². The zero-order chi connectivity index (χ0) is 24.7. The second kappa shape index (κ2) is 11.5. The van der Waals surface area contributed by atoms with Crippen LogP contribution in [0.5, 0.6) is 5.88 Å². The van der Waals surface area contributed by atoms with Crippen LogP contribution < -0.4 is 15.8 Å². The van der Waals surface area contributed by atoms with Crippen LogP contribution in [0.2, 0.25) is 0 Å². The molecule has 0 saturated carbocycles. The summed E-state index contributed by atoms with van der Waals surface area (Å²) >= 11 is 0. The van der Waals surface area contributed by atoms with Gasteiger partial charge in [-0.15, -0.1) is 0 Å². The fraction of sp³-hybridized carbons (Fsp3) is 0.400. The van der Waals surface area contributed by atoms with Gasteiger partial charge in [-0.25, -0.2) is 36.9 Å². The van der Waals surface area contributed by atoms with Gasteiger partial charge in [0.15, 0.2) is 6.80 Å². The summed E-state index contributed by atoms with van der Waals surface area (Å²) in [6.45, 7) is -2.65. The number of carbonyl (C=O) groups excluding carboxylic acids is 1. The van der Waals surface area contributed by atoms with Crippen LogP contribution in [0.4, 0.5) is 27.6 Å². The molecule has 1 amide bonds. The fourth-order valence-electron chi connectivity index (χ4n) is 3.31. The van der Waals surface area contributed by atoms with E-state index in [1.807, 2.05) is 0 Å². The molecule has 0 spiro atoms. The number of ether oxygens (including phenoxy) is 3. The summed E-state index contributed by atoms with van der Waals surface area (Å²) in [6.07, 6.45) is -3.67. The average molecular weight is 489 g/mol. The first-order valence-electron chi connectivity index (χ1n) is 9.86. The van der Waals surface area contributed by atoms with Crippen LogP contribution in [0.15, 0.2) is 35.6 Å². The van der Waals surface area contributed by atoms with E-state index in [1.165, 1.54) is 12.1 Å². The molecule has 2 aromatic rings. The van der Waals surface area contributed by atoms with Crippen molar-refractivity contribution in [1.82, 2.24) is 9.97 Å². The molecule has 1 aromatic carbocycles. The molecule has 3 atom stereocenters. The zero-order valence-electron chi connectivity index (χ0n) is 17.5. The zero-order valence-corrected chi connectivity index (χ0v) is 17.5. The van der Waals surface area contributed by atoms with Crippen LogP contribution >= 0.6 is 0 Å². The molecule has 34 heavy (non-hydrogen) atoms. The van der Waals surface area contributed by atoms with Crippen molar-refractivity contribution in [2.24, 2.45) is 10.7 Å². The van der Waals surface area contributed by atoms with Crippen LogP contribution in [0.1, 0.15) is 28.4 Å². The molecule has 0 bridgehead atoms. The highest BCUT2D eigenvalue weighted by Gasteiger charge is 2.39. The van der Waals surface area contributed by atoms with Gasteiger partial charge in [-0.3, -0.25) is 4.79 Å². The van der Waals surface area contributed by atoms with Gasteiger partial charge in [-0.1, -0.05) is 0 Å². The molecule has 14 heteroatoms. The third kappa shape index (κ3) is 6.27. The van der Waals surface area contributed by atoms with Gasteiger partial charge in [0.1, 0.15) is 23.7 Å². The largest absolute Gasteiger partial charge is 0.461 e. The summed E-state index contributed by atoms with van der Waals surface area (Å²) in [6, 6.07) is 3.03. The highest BCUT2D eigenvalue weighted by Crippen LogP contribution is 2.35. The number of rotatable bonds is 8. The number of aromatic nitrogens is 2. The summed E-state index contributed by atoms with van der Waals surface area (Å²) in [7, 11) is 0. The number of anilines is 1. The monoisotopic (exact) mass is 489 g/mol. The van der Waals surface area contributed by atoms with Crippen molar-refractivity contribution in [1.29, 1.82) is 0 Å². The SMILES string of the molecule is N/C(=N/CF)O[C@@H]1CC(C(F)F)OC[C@@H]1c1cc(NC(=O)c2cnc(OCF)cn2)ccc1F. The van der Waals surface area contributed by atoms with Crippen LogP contribution in [0, 0.1) is 5.82 Å². The lowest BCUT2D eigenvalue weighted by atomic mass is 9.87. The Balaban J connectivity index is 1.81. The molecule has 1 saturated heterocycles. The molecule has 1 aromatic heterocycles. The topological polar surface area (TPSA) is 121 Å². The number of amides is 1. The molecular formula is C20H20F5N5O4. The first-order chi connectivity index (χ1) is 16.3. The molecule has 0 aliphatic carbocycles. The predicted molar refractivity (Wildman–Crippen MR) is 109 cm³/mol. The quantitative estimate of drug-likeness (QED) is 0.253. The van der Waals surface area contributed by atoms with Crippen LogP contribution in [0.3, 0.4) is 0 Å². The molecular weight excluding hydrogens is 469 g/mol. The lowest BCUT2D eigenvalue weighted by Gasteiger charge is -2.36. The normalized spacial score (nSPS) is 20.8. The second-order valence-corrected chi connectivity index (χ2v) is 7.00. The lowest BCUT2D eigenvalue weighted by molar-refractivity contribution is -0.117. The molecule has 1 unspecified atom stereocenters. The van der Waals surface area contributed by atoms with Crippen molar-refractivity contribution < 1.29 is 41.0 Å². The van der Waals surface area contributed by atoms with Crippen molar-refractivity contribution >= 4 is 17.6 Å². The number of aliphatic imine (C=N–C) groups is 1. The van der Waals surface area contributed by atoms with Crippen molar-refractivity contribution in [3.8, 4) is 5.88 Å². The molecule has 1 aliphatic heterocycles. The molecule has 1 fully saturated rings. The van der Waals surface area contributed by atoms with Gasteiger partial charge in [0, 0.05) is 18.0 Å². The summed E-state index contributed by atoms with van der Waals surface area (Å²) in [5.74, 6) is -2.47. The van der Waals surface area contributed by atoms with Gasteiger partial charge >= 0.3 is 0 Å². The van der Waals surface area contributed by atoms with E-state index in [2.05, 4.69) is 25.0 Å². The summed E-state index contributed by atoms with van der Waals surface area (Å²) in [5, 5.41) is 2.50. The van der Waals surface area contributed by atoms with E-state index >= 15 is 0 Å². The van der Waals surface area contributed by atoms with Gasteiger partial charge in [0.2, 0.25) is 12.7 Å². The molecule has 3 rings (SSSR count). The van der Waals surface area contributed by atoms with E-state index in [-0.39, 0.29) is 35.9 Å². The Hall–Kier alpha value is -3.55. The molecule has 3 N–H and O–H groups in total. The fourth-order valence-corrected chi connectivity index (χ4v) is 3.31. The maximum Gasteiger partial charge on any atom is 0.284 e. The maximum absolute atomic E-state index is 14.7. The highest BCUT2D eigenvalue weighted by atomic mass is 19.3. The highest BCUT2D eigenvalue weighted by molar-refractivity contribution is 6.02. The predicted octanol–water partition coefficient (Wildman–Crippen LogP) is 2.94. The molecule has 9 nitrogen and oxygen atoms in total. The van der Waals surface area contributed by atoms with E-state index in [1.54, 1.807) is 0 Å². The van der Waals surface area contributed by atoms with E-state index < -0.39 is 56.0 Å². The number of nitrogens with zero attached hydrogens (tertiary/aromatic N) is 3. The number of hydrogen-bond acceptors (Lipinski definition) is 7. The second-order valence-electron chi connectivity index (χ2n) is 7.00. The number of nitrogens with one attached hydrogen (secondary N) is 1. The Morgan fingerprint density at radius 3 is 2.74 bits per heavy atom. The van der Waals surface area contributed by atoms with Gasteiger partial charge < -0.3 is 25.3 Å². The summed E-state index contributed by atoms with van der Waals surface area (Å²) < 4.78 is 80.6. The minimum absolute atomic E-state index is 0.0126. The average Bonchev–Trinajstić information content (AvgIpc) is 2.81. The van der Waals surface area contributed by atoms with E-state index in [0.29, 0.717) is 0 Å². The van der Waals surface area contributed by atoms with Gasteiger partial charge in [-0.05, 0) is 23.8 Å². The van der Waals surface area contributed by atoms with E-state index in [9.17, 15) is 26.7 Å². The molecule has 184 valence electrons. The lowest BCUT2D eigenvalue weighted by Crippen LogP contribution is -2.43. The first-order valence-corrected chi connectivity index (χ1v) is 9.86. The number of amidine groups is 1. The third-order valence-electron chi connectivity index (χ3n) is 4.89. The maximum atomic E-state index is 14.7. The Morgan fingerprint density at radius 2 is 2.09 bits per heavy atom. The minimum Gasteiger partial charge on any atom is -0.461 e. The van der Waals surface area contributed by atoms with Crippen molar-refractivity contribution in [3.05, 3.63) is 47.7 Å². The Morgan fingerprint density at radius 1 is 1.29 bits per heavy atom. The number of benzene rings is 1. The van der Waals surface area contributed by atoms with Gasteiger partial charge in [-0.2, -0.15) is 0 Å². The van der Waals surface area contributed by atoms with Crippen molar-refractivity contribution in [2.75, 3.05) is 25.6 Å². The number of carbonyl (C=O) groups is 1. The molecule has 1 aliphatic rings. The molecule has 2 heterocycles. The minimum atomic E-state index is -2.83. The van der Waals surface area contributed by atoms with Crippen LogP contribution in [-0.4, -0.2) is 60.8 Å². The van der Waals surface area contributed by atoms with Crippen molar-refractivity contribution in [3.63, 3.8) is 0 Å². The van der Waals surface area contributed by atoms with Crippen molar-refractivity contribution in [2.45, 2.75) is 31.0 Å². The number of hydrogen-bond donors (Lipinski definition) is 2. The standard InChI is InChI=1S/C20H20F5N5O4/c21-8-29-20(26)34-15-4-16(18(24)25)32-7-12(15)11-3-10(1-2-13(11)23)30-19(31)14-5-28-17(6-27-14)33-9-22/h1-3,5-6,12,15-16,18H,4,7-9H2,(H2,26,29)(H,30,31)/t12-,15-,16?/m1/s1. The third-order valence-corrected chi connectivity index (χ3v) is 4.89.